The van der Waals surface area contributed by atoms with Gasteiger partial charge in [0.2, 0.25) is 5.91 Å². The number of nitrogens with two attached hydrogens (primary N) is 1. The molecule has 2 heterocycles. The zero-order valence-corrected chi connectivity index (χ0v) is 11.0. The minimum absolute atomic E-state index is 0.0727. The van der Waals surface area contributed by atoms with E-state index in [1.165, 1.54) is 6.20 Å². The van der Waals surface area contributed by atoms with Crippen LogP contribution in [-0.4, -0.2) is 42.5 Å². The maximum atomic E-state index is 12.0. The number of hydrogen-bond acceptors (Lipinski definition) is 5. The molecule has 1 aliphatic heterocycles. The molecule has 6 nitrogen and oxygen atoms in total. The molecular formula is C13H17N5O. The number of amides is 1. The van der Waals surface area contributed by atoms with Gasteiger partial charge in [0, 0.05) is 26.3 Å². The standard InChI is InChI=1S/C13H17N5O/c1-17(9-11(19)18-6-2-3-7-18)13-12(15)10(8-14)4-5-16-13/h4-5H,2-3,6-7,9,15H2,1H3. The zero-order chi connectivity index (χ0) is 13.8. The van der Waals surface area contributed by atoms with E-state index in [4.69, 9.17) is 11.0 Å². The number of likely N-dealkylation sites (tertiary alicyclic amines) is 1. The van der Waals surface area contributed by atoms with Gasteiger partial charge in [-0.2, -0.15) is 5.26 Å². The second-order valence-electron chi connectivity index (χ2n) is 4.65. The van der Waals surface area contributed by atoms with E-state index in [1.807, 2.05) is 11.0 Å². The number of carbonyl (C=O) groups excluding carboxylic acids is 1. The third-order valence-electron chi connectivity index (χ3n) is 3.28. The molecule has 0 unspecified atom stereocenters. The molecule has 1 aromatic rings. The number of likely N-dealkylation sites (N-methyl/N-ethyl adjacent to an activating group) is 1. The van der Waals surface area contributed by atoms with Crippen LogP contribution in [0.1, 0.15) is 18.4 Å². The van der Waals surface area contributed by atoms with Crippen molar-refractivity contribution in [3.8, 4) is 6.07 Å². The summed E-state index contributed by atoms with van der Waals surface area (Å²) in [4.78, 5) is 19.7. The Labute approximate surface area is 112 Å². The largest absolute Gasteiger partial charge is 0.395 e. The summed E-state index contributed by atoms with van der Waals surface area (Å²) in [5.74, 6) is 0.551. The van der Waals surface area contributed by atoms with Crippen LogP contribution in [0.25, 0.3) is 0 Å². The molecule has 0 saturated carbocycles. The minimum atomic E-state index is 0.0727. The average Bonchev–Trinajstić information content (AvgIpc) is 2.92. The molecule has 1 saturated heterocycles. The number of nitrogens with zero attached hydrogens (tertiary/aromatic N) is 4. The highest BCUT2D eigenvalue weighted by Gasteiger charge is 2.20. The number of anilines is 2. The molecule has 0 spiro atoms. The fourth-order valence-corrected chi connectivity index (χ4v) is 2.21. The number of nitriles is 1. The van der Waals surface area contributed by atoms with Crippen molar-refractivity contribution >= 4 is 17.4 Å². The molecule has 0 aromatic carbocycles. The molecular weight excluding hydrogens is 242 g/mol. The number of pyridine rings is 1. The molecule has 1 amide bonds. The summed E-state index contributed by atoms with van der Waals surface area (Å²) in [6.45, 7) is 1.88. The monoisotopic (exact) mass is 259 g/mol. The fraction of sp³-hybridized carbons (Fsp3) is 0.462. The van der Waals surface area contributed by atoms with Crippen LogP contribution in [0.2, 0.25) is 0 Å². The van der Waals surface area contributed by atoms with Gasteiger partial charge in [-0.05, 0) is 18.9 Å². The number of carbonyl (C=O) groups is 1. The third kappa shape index (κ3) is 2.76. The highest BCUT2D eigenvalue weighted by Crippen LogP contribution is 2.22. The van der Waals surface area contributed by atoms with E-state index in [-0.39, 0.29) is 12.5 Å². The number of nitrogen functional groups attached to an aromatic ring is 1. The van der Waals surface area contributed by atoms with Crippen molar-refractivity contribution < 1.29 is 4.79 Å². The zero-order valence-electron chi connectivity index (χ0n) is 11.0. The SMILES string of the molecule is CN(CC(=O)N1CCCC1)c1nccc(C#N)c1N. The minimum Gasteiger partial charge on any atom is -0.395 e. The van der Waals surface area contributed by atoms with Crippen molar-refractivity contribution in [2.24, 2.45) is 0 Å². The second-order valence-corrected chi connectivity index (χ2v) is 4.65. The van der Waals surface area contributed by atoms with Gasteiger partial charge in [0.1, 0.15) is 6.07 Å². The van der Waals surface area contributed by atoms with Gasteiger partial charge >= 0.3 is 0 Å². The van der Waals surface area contributed by atoms with Gasteiger partial charge in [-0.15, -0.1) is 0 Å². The summed E-state index contributed by atoms with van der Waals surface area (Å²) in [5.41, 5.74) is 6.57. The lowest BCUT2D eigenvalue weighted by molar-refractivity contribution is -0.128. The smallest absolute Gasteiger partial charge is 0.242 e. The fourth-order valence-electron chi connectivity index (χ4n) is 2.21. The number of rotatable bonds is 3. The molecule has 0 aliphatic carbocycles. The Morgan fingerprint density at radius 1 is 1.58 bits per heavy atom. The lowest BCUT2D eigenvalue weighted by Gasteiger charge is -2.23. The van der Waals surface area contributed by atoms with Gasteiger partial charge in [-0.1, -0.05) is 0 Å². The Bertz CT molecular complexity index is 516. The number of hydrogen-bond donors (Lipinski definition) is 1. The Morgan fingerprint density at radius 2 is 2.26 bits per heavy atom. The van der Waals surface area contributed by atoms with E-state index in [2.05, 4.69) is 4.98 Å². The van der Waals surface area contributed by atoms with Crippen molar-refractivity contribution in [1.82, 2.24) is 9.88 Å². The first kappa shape index (κ1) is 13.1. The third-order valence-corrected chi connectivity index (χ3v) is 3.28. The van der Waals surface area contributed by atoms with Crippen LogP contribution in [0, 0.1) is 11.3 Å². The summed E-state index contributed by atoms with van der Waals surface area (Å²) in [6, 6.07) is 3.58. The summed E-state index contributed by atoms with van der Waals surface area (Å²) >= 11 is 0. The Kier molecular flexibility index (Phi) is 3.85. The quantitative estimate of drug-likeness (QED) is 0.858. The number of aromatic nitrogens is 1. The molecule has 1 aliphatic rings. The van der Waals surface area contributed by atoms with Crippen LogP contribution in [0.15, 0.2) is 12.3 Å². The van der Waals surface area contributed by atoms with Gasteiger partial charge in [-0.3, -0.25) is 4.79 Å². The first-order valence-corrected chi connectivity index (χ1v) is 6.27. The maximum Gasteiger partial charge on any atom is 0.242 e. The van der Waals surface area contributed by atoms with Crippen LogP contribution in [0.3, 0.4) is 0 Å². The summed E-state index contributed by atoms with van der Waals surface area (Å²) in [6.07, 6.45) is 3.67. The normalized spacial score (nSPS) is 14.2. The van der Waals surface area contributed by atoms with Gasteiger partial charge in [0.25, 0.3) is 0 Å². The highest BCUT2D eigenvalue weighted by molar-refractivity contribution is 5.83. The molecule has 19 heavy (non-hydrogen) atoms. The molecule has 0 atom stereocenters. The van der Waals surface area contributed by atoms with E-state index in [9.17, 15) is 4.79 Å². The van der Waals surface area contributed by atoms with E-state index in [1.54, 1.807) is 18.0 Å². The Hall–Kier alpha value is -2.29. The predicted octanol–water partition coefficient (Wildman–Crippen LogP) is 0.594. The van der Waals surface area contributed by atoms with E-state index in [0.29, 0.717) is 17.1 Å². The molecule has 6 heteroatoms. The van der Waals surface area contributed by atoms with Crippen LogP contribution in [0.4, 0.5) is 11.5 Å². The molecule has 100 valence electrons. The Balaban J connectivity index is 2.09. The van der Waals surface area contributed by atoms with Crippen molar-refractivity contribution in [3.05, 3.63) is 17.8 Å². The highest BCUT2D eigenvalue weighted by atomic mass is 16.2. The molecule has 0 bridgehead atoms. The topological polar surface area (TPSA) is 86.2 Å². The lowest BCUT2D eigenvalue weighted by atomic mass is 10.2. The predicted molar refractivity (Wildman–Crippen MR) is 72.4 cm³/mol. The van der Waals surface area contributed by atoms with Crippen LogP contribution in [0.5, 0.6) is 0 Å². The Morgan fingerprint density at radius 3 is 2.89 bits per heavy atom. The van der Waals surface area contributed by atoms with Gasteiger partial charge in [0.05, 0.1) is 17.8 Å². The summed E-state index contributed by atoms with van der Waals surface area (Å²) < 4.78 is 0. The van der Waals surface area contributed by atoms with Crippen molar-refractivity contribution in [2.45, 2.75) is 12.8 Å². The van der Waals surface area contributed by atoms with E-state index in [0.717, 1.165) is 25.9 Å². The molecule has 1 fully saturated rings. The average molecular weight is 259 g/mol. The van der Waals surface area contributed by atoms with E-state index >= 15 is 0 Å². The molecule has 0 radical (unpaired) electrons. The summed E-state index contributed by atoms with van der Waals surface area (Å²) in [7, 11) is 1.76. The van der Waals surface area contributed by atoms with Crippen LogP contribution < -0.4 is 10.6 Å². The first-order chi connectivity index (χ1) is 9.13. The molecule has 1 aromatic heterocycles. The van der Waals surface area contributed by atoms with Crippen molar-refractivity contribution in [3.63, 3.8) is 0 Å². The van der Waals surface area contributed by atoms with E-state index < -0.39 is 0 Å². The second kappa shape index (κ2) is 5.57. The lowest BCUT2D eigenvalue weighted by Crippen LogP contribution is -2.37. The van der Waals surface area contributed by atoms with Crippen molar-refractivity contribution in [2.75, 3.05) is 37.3 Å². The first-order valence-electron chi connectivity index (χ1n) is 6.27. The van der Waals surface area contributed by atoms with Gasteiger partial charge < -0.3 is 15.5 Å². The van der Waals surface area contributed by atoms with Crippen LogP contribution in [-0.2, 0) is 4.79 Å². The summed E-state index contributed by atoms with van der Waals surface area (Å²) in [5, 5.41) is 8.93. The van der Waals surface area contributed by atoms with Crippen molar-refractivity contribution in [1.29, 1.82) is 5.26 Å². The molecule has 2 N–H and O–H groups in total. The van der Waals surface area contributed by atoms with Crippen LogP contribution >= 0.6 is 0 Å². The van der Waals surface area contributed by atoms with Gasteiger partial charge in [-0.25, -0.2) is 4.98 Å². The molecule has 2 rings (SSSR count). The van der Waals surface area contributed by atoms with Gasteiger partial charge in [0.15, 0.2) is 5.82 Å². The maximum absolute atomic E-state index is 12.0.